The minimum absolute atomic E-state index is 0.349. The van der Waals surface area contributed by atoms with E-state index in [2.05, 4.69) is 40.3 Å². The van der Waals surface area contributed by atoms with Crippen molar-refractivity contribution in [2.75, 3.05) is 13.1 Å². The van der Waals surface area contributed by atoms with Crippen LogP contribution in [0.15, 0.2) is 30.5 Å². The normalized spacial score (nSPS) is 23.2. The summed E-state index contributed by atoms with van der Waals surface area (Å²) in [4.78, 5) is 17.5. The maximum Gasteiger partial charge on any atom is 0.225 e. The number of amides is 1. The summed E-state index contributed by atoms with van der Waals surface area (Å²) in [5.74, 6) is 1.24. The molecular weight excluding hydrogens is 236 g/mol. The highest BCUT2D eigenvalue weighted by molar-refractivity contribution is 5.84. The van der Waals surface area contributed by atoms with Crippen molar-refractivity contribution in [2.45, 2.75) is 25.2 Å². The van der Waals surface area contributed by atoms with Crippen molar-refractivity contribution in [2.24, 2.45) is 5.92 Å². The Balaban J connectivity index is 1.58. The van der Waals surface area contributed by atoms with Crippen molar-refractivity contribution < 1.29 is 4.79 Å². The predicted molar refractivity (Wildman–Crippen MR) is 75.0 cm³/mol. The van der Waals surface area contributed by atoms with Gasteiger partial charge in [0.05, 0.1) is 0 Å². The molecule has 1 aromatic carbocycles. The fourth-order valence-corrected chi connectivity index (χ4v) is 3.23. The first-order chi connectivity index (χ1) is 9.33. The standard InChI is InChI=1S/C16H18N2O/c19-16(11-5-6-11)18-8-7-12(10-18)14-9-17-15-4-2-1-3-13(14)15/h1-4,9,11-12,17H,5-8,10H2. The van der Waals surface area contributed by atoms with Gasteiger partial charge in [-0.3, -0.25) is 4.79 Å². The van der Waals surface area contributed by atoms with Gasteiger partial charge < -0.3 is 9.88 Å². The van der Waals surface area contributed by atoms with Gasteiger partial charge in [-0.25, -0.2) is 0 Å². The molecule has 0 spiro atoms. The van der Waals surface area contributed by atoms with E-state index in [9.17, 15) is 4.79 Å². The molecular formula is C16H18N2O. The van der Waals surface area contributed by atoms with Crippen molar-refractivity contribution in [3.63, 3.8) is 0 Å². The van der Waals surface area contributed by atoms with Gasteiger partial charge in [0.15, 0.2) is 0 Å². The first-order valence-corrected chi connectivity index (χ1v) is 7.18. The number of nitrogens with zero attached hydrogens (tertiary/aromatic N) is 1. The molecule has 2 aliphatic rings. The van der Waals surface area contributed by atoms with E-state index in [1.54, 1.807) is 0 Å². The molecule has 0 radical (unpaired) electrons. The van der Waals surface area contributed by atoms with Crippen LogP contribution in [0, 0.1) is 5.92 Å². The molecule has 1 amide bonds. The molecule has 19 heavy (non-hydrogen) atoms. The van der Waals surface area contributed by atoms with E-state index in [4.69, 9.17) is 0 Å². The van der Waals surface area contributed by atoms with Crippen molar-refractivity contribution in [1.82, 2.24) is 9.88 Å². The van der Waals surface area contributed by atoms with E-state index in [1.165, 1.54) is 16.5 Å². The number of likely N-dealkylation sites (tertiary alicyclic amines) is 1. The molecule has 1 N–H and O–H groups in total. The van der Waals surface area contributed by atoms with Crippen molar-refractivity contribution >= 4 is 16.8 Å². The molecule has 2 fully saturated rings. The van der Waals surface area contributed by atoms with Gasteiger partial charge in [-0.15, -0.1) is 0 Å². The number of nitrogens with one attached hydrogen (secondary N) is 1. The number of aromatic nitrogens is 1. The number of carbonyl (C=O) groups excluding carboxylic acids is 1. The van der Waals surface area contributed by atoms with Crippen LogP contribution in [-0.2, 0) is 4.79 Å². The van der Waals surface area contributed by atoms with Crippen LogP contribution in [0.2, 0.25) is 0 Å². The smallest absolute Gasteiger partial charge is 0.225 e. The summed E-state index contributed by atoms with van der Waals surface area (Å²) >= 11 is 0. The first-order valence-electron chi connectivity index (χ1n) is 7.18. The molecule has 1 aliphatic carbocycles. The van der Waals surface area contributed by atoms with Crippen molar-refractivity contribution in [3.8, 4) is 0 Å². The molecule has 4 rings (SSSR count). The van der Waals surface area contributed by atoms with Crippen LogP contribution in [0.1, 0.15) is 30.7 Å². The Labute approximate surface area is 112 Å². The molecule has 1 aliphatic heterocycles. The highest BCUT2D eigenvalue weighted by Crippen LogP contribution is 2.36. The molecule has 0 bridgehead atoms. The third-order valence-corrected chi connectivity index (χ3v) is 4.49. The highest BCUT2D eigenvalue weighted by atomic mass is 16.2. The van der Waals surface area contributed by atoms with E-state index in [0.29, 0.717) is 17.7 Å². The number of carbonyl (C=O) groups is 1. The van der Waals surface area contributed by atoms with E-state index in [-0.39, 0.29) is 0 Å². The van der Waals surface area contributed by atoms with Gasteiger partial charge in [0.1, 0.15) is 0 Å². The quantitative estimate of drug-likeness (QED) is 0.879. The summed E-state index contributed by atoms with van der Waals surface area (Å²) in [6, 6.07) is 8.43. The minimum atomic E-state index is 0.349. The van der Waals surface area contributed by atoms with Gasteiger partial charge in [-0.05, 0) is 30.9 Å². The summed E-state index contributed by atoms with van der Waals surface area (Å²) in [6.45, 7) is 1.83. The average Bonchev–Trinajstić information content (AvgIpc) is 3.01. The van der Waals surface area contributed by atoms with Crippen LogP contribution in [0.4, 0.5) is 0 Å². The SMILES string of the molecule is O=C(C1CC1)N1CCC(c2c[nH]c3ccccc23)C1. The summed E-state index contributed by atoms with van der Waals surface area (Å²) in [7, 11) is 0. The van der Waals surface area contributed by atoms with Gasteiger partial charge >= 0.3 is 0 Å². The number of rotatable bonds is 2. The van der Waals surface area contributed by atoms with Crippen LogP contribution < -0.4 is 0 Å². The molecule has 3 nitrogen and oxygen atoms in total. The summed E-state index contributed by atoms with van der Waals surface area (Å²) in [5, 5.41) is 1.31. The number of H-pyrrole nitrogens is 1. The largest absolute Gasteiger partial charge is 0.361 e. The van der Waals surface area contributed by atoms with Gasteiger partial charge in [0.25, 0.3) is 0 Å². The monoisotopic (exact) mass is 254 g/mol. The van der Waals surface area contributed by atoms with Crippen LogP contribution in [0.25, 0.3) is 10.9 Å². The summed E-state index contributed by atoms with van der Waals surface area (Å²) in [6.07, 6.45) is 5.43. The average molecular weight is 254 g/mol. The Morgan fingerprint density at radius 2 is 2.05 bits per heavy atom. The Kier molecular flexibility index (Phi) is 2.40. The maximum atomic E-state index is 12.1. The Bertz CT molecular complexity index is 626. The minimum Gasteiger partial charge on any atom is -0.361 e. The second kappa shape index (κ2) is 4.12. The zero-order chi connectivity index (χ0) is 12.8. The maximum absolute atomic E-state index is 12.1. The van der Waals surface area contributed by atoms with Gasteiger partial charge in [0, 0.05) is 42.0 Å². The first kappa shape index (κ1) is 11.1. The second-order valence-corrected chi connectivity index (χ2v) is 5.83. The van der Waals surface area contributed by atoms with Crippen LogP contribution >= 0.6 is 0 Å². The second-order valence-electron chi connectivity index (χ2n) is 5.83. The lowest BCUT2D eigenvalue weighted by Gasteiger charge is -2.16. The lowest BCUT2D eigenvalue weighted by molar-refractivity contribution is -0.131. The number of aromatic amines is 1. The summed E-state index contributed by atoms with van der Waals surface area (Å²) in [5.41, 5.74) is 2.58. The van der Waals surface area contributed by atoms with E-state index < -0.39 is 0 Å². The van der Waals surface area contributed by atoms with Crippen molar-refractivity contribution in [1.29, 1.82) is 0 Å². The molecule has 1 atom stereocenters. The van der Waals surface area contributed by atoms with Crippen LogP contribution in [-0.4, -0.2) is 28.9 Å². The molecule has 1 aromatic heterocycles. The summed E-state index contributed by atoms with van der Waals surface area (Å²) < 4.78 is 0. The molecule has 1 unspecified atom stereocenters. The number of hydrogen-bond donors (Lipinski definition) is 1. The van der Waals surface area contributed by atoms with E-state index >= 15 is 0 Å². The molecule has 2 heterocycles. The number of hydrogen-bond acceptors (Lipinski definition) is 1. The predicted octanol–water partition coefficient (Wildman–Crippen LogP) is 2.89. The lowest BCUT2D eigenvalue weighted by Crippen LogP contribution is -2.29. The fourth-order valence-electron chi connectivity index (χ4n) is 3.23. The van der Waals surface area contributed by atoms with Gasteiger partial charge in [0.2, 0.25) is 5.91 Å². The Hall–Kier alpha value is -1.77. The van der Waals surface area contributed by atoms with Gasteiger partial charge in [-0.2, -0.15) is 0 Å². The van der Waals surface area contributed by atoms with E-state index in [1.807, 2.05) is 0 Å². The van der Waals surface area contributed by atoms with Crippen LogP contribution in [0.3, 0.4) is 0 Å². The third kappa shape index (κ3) is 1.84. The number of fused-ring (bicyclic) bond motifs is 1. The van der Waals surface area contributed by atoms with Gasteiger partial charge in [-0.1, -0.05) is 18.2 Å². The Morgan fingerprint density at radius 1 is 1.21 bits per heavy atom. The van der Waals surface area contributed by atoms with Crippen molar-refractivity contribution in [3.05, 3.63) is 36.0 Å². The lowest BCUT2D eigenvalue weighted by atomic mass is 9.98. The zero-order valence-electron chi connectivity index (χ0n) is 10.9. The molecule has 98 valence electrons. The fraction of sp³-hybridized carbons (Fsp3) is 0.438. The third-order valence-electron chi connectivity index (χ3n) is 4.49. The molecule has 1 saturated heterocycles. The van der Waals surface area contributed by atoms with E-state index in [0.717, 1.165) is 32.4 Å². The number of benzene rings is 1. The number of para-hydroxylation sites is 1. The molecule has 2 aromatic rings. The zero-order valence-corrected chi connectivity index (χ0v) is 10.9. The Morgan fingerprint density at radius 3 is 2.89 bits per heavy atom. The molecule has 1 saturated carbocycles. The van der Waals surface area contributed by atoms with Crippen LogP contribution in [0.5, 0.6) is 0 Å². The topological polar surface area (TPSA) is 36.1 Å². The molecule has 3 heteroatoms. The highest BCUT2D eigenvalue weighted by Gasteiger charge is 2.37.